The third-order valence-corrected chi connectivity index (χ3v) is 2.40. The lowest BCUT2D eigenvalue weighted by atomic mass is 10.3. The molecule has 0 radical (unpaired) electrons. The van der Waals surface area contributed by atoms with Gasteiger partial charge in [0.15, 0.2) is 0 Å². The minimum Gasteiger partial charge on any atom is -0.508 e. The molecule has 0 aliphatic heterocycles. The monoisotopic (exact) mass is 247 g/mol. The highest BCUT2D eigenvalue weighted by Crippen LogP contribution is 2.28. The number of hydrogen-bond acceptors (Lipinski definition) is 4. The number of aromatic hydroxyl groups is 1. The van der Waals surface area contributed by atoms with E-state index < -0.39 is 0 Å². The van der Waals surface area contributed by atoms with Crippen LogP contribution in [0.25, 0.3) is 0 Å². The van der Waals surface area contributed by atoms with E-state index in [2.05, 4.69) is 10.2 Å². The van der Waals surface area contributed by atoms with Gasteiger partial charge in [-0.25, -0.2) is 0 Å². The normalized spacial score (nSPS) is 10.9. The van der Waals surface area contributed by atoms with Gasteiger partial charge in [0.2, 0.25) is 0 Å². The summed E-state index contributed by atoms with van der Waals surface area (Å²) in [5.41, 5.74) is 7.33. The molecule has 0 bridgehead atoms. The Hall–Kier alpha value is -2.07. The molecule has 0 amide bonds. The number of hydrogen-bond donors (Lipinski definition) is 2. The molecule has 2 aromatic rings. The van der Waals surface area contributed by atoms with Crippen LogP contribution in [-0.4, -0.2) is 5.11 Å². The van der Waals surface area contributed by atoms with Gasteiger partial charge < -0.3 is 10.8 Å². The Bertz CT molecular complexity index is 552. The van der Waals surface area contributed by atoms with E-state index in [0.717, 1.165) is 0 Å². The van der Waals surface area contributed by atoms with Crippen molar-refractivity contribution in [3.8, 4) is 5.75 Å². The molecular formula is C12H10ClN3O. The molecule has 0 saturated carbocycles. The molecule has 2 aromatic carbocycles. The fourth-order valence-electron chi connectivity index (χ4n) is 1.24. The van der Waals surface area contributed by atoms with Gasteiger partial charge in [-0.1, -0.05) is 11.6 Å². The Labute approximate surface area is 103 Å². The highest BCUT2D eigenvalue weighted by molar-refractivity contribution is 6.33. The van der Waals surface area contributed by atoms with E-state index in [4.69, 9.17) is 22.4 Å². The van der Waals surface area contributed by atoms with E-state index in [1.807, 2.05) is 0 Å². The van der Waals surface area contributed by atoms with Gasteiger partial charge in [-0.05, 0) is 42.5 Å². The average molecular weight is 248 g/mol. The van der Waals surface area contributed by atoms with Crippen molar-refractivity contribution in [3.05, 3.63) is 47.5 Å². The minimum atomic E-state index is 0.189. The van der Waals surface area contributed by atoms with Gasteiger partial charge in [-0.15, -0.1) is 5.11 Å². The summed E-state index contributed by atoms with van der Waals surface area (Å²) in [5.74, 6) is 0.189. The van der Waals surface area contributed by atoms with Crippen molar-refractivity contribution in [2.24, 2.45) is 10.2 Å². The number of phenolic OH excluding ortho intramolecular Hbond substituents is 1. The van der Waals surface area contributed by atoms with Crippen LogP contribution in [0.15, 0.2) is 52.7 Å². The highest BCUT2D eigenvalue weighted by atomic mass is 35.5. The van der Waals surface area contributed by atoms with Crippen LogP contribution in [0.2, 0.25) is 5.02 Å². The zero-order valence-electron chi connectivity index (χ0n) is 8.84. The first-order chi connectivity index (χ1) is 8.15. The molecule has 2 rings (SSSR count). The van der Waals surface area contributed by atoms with Crippen molar-refractivity contribution in [2.75, 3.05) is 5.73 Å². The summed E-state index contributed by atoms with van der Waals surface area (Å²) in [7, 11) is 0. The second-order valence-corrected chi connectivity index (χ2v) is 3.83. The molecule has 17 heavy (non-hydrogen) atoms. The van der Waals surface area contributed by atoms with Crippen LogP contribution in [0.5, 0.6) is 5.75 Å². The largest absolute Gasteiger partial charge is 0.508 e. The molecule has 86 valence electrons. The standard InChI is InChI=1S/C12H10ClN3O/c13-11-7-8(14)1-6-12(11)16-15-9-2-4-10(17)5-3-9/h1-7,17H,14H2. The molecular weight excluding hydrogens is 238 g/mol. The molecule has 0 spiro atoms. The molecule has 0 unspecified atom stereocenters. The molecule has 0 aliphatic rings. The van der Waals surface area contributed by atoms with E-state index >= 15 is 0 Å². The maximum Gasteiger partial charge on any atom is 0.115 e. The molecule has 0 fully saturated rings. The number of rotatable bonds is 2. The van der Waals surface area contributed by atoms with E-state index in [1.165, 1.54) is 0 Å². The van der Waals surface area contributed by atoms with Gasteiger partial charge in [0.1, 0.15) is 11.4 Å². The third kappa shape index (κ3) is 2.95. The average Bonchev–Trinajstić information content (AvgIpc) is 2.30. The van der Waals surface area contributed by atoms with Crippen molar-refractivity contribution in [3.63, 3.8) is 0 Å². The lowest BCUT2D eigenvalue weighted by Crippen LogP contribution is -1.82. The number of halogens is 1. The first-order valence-electron chi connectivity index (χ1n) is 4.91. The van der Waals surface area contributed by atoms with Crippen LogP contribution >= 0.6 is 11.6 Å². The number of nitrogens with zero attached hydrogens (tertiary/aromatic N) is 2. The first-order valence-corrected chi connectivity index (χ1v) is 5.29. The van der Waals surface area contributed by atoms with Crippen LogP contribution < -0.4 is 5.73 Å². The summed E-state index contributed by atoms with van der Waals surface area (Å²) in [5, 5.41) is 17.6. The van der Waals surface area contributed by atoms with Crippen molar-refractivity contribution in [1.82, 2.24) is 0 Å². The van der Waals surface area contributed by atoms with Crippen molar-refractivity contribution < 1.29 is 5.11 Å². The van der Waals surface area contributed by atoms with Crippen LogP contribution in [0.3, 0.4) is 0 Å². The summed E-state index contributed by atoms with van der Waals surface area (Å²) in [6.45, 7) is 0. The lowest BCUT2D eigenvalue weighted by Gasteiger charge is -1.98. The third-order valence-electron chi connectivity index (χ3n) is 2.09. The molecule has 0 heterocycles. The number of nitrogens with two attached hydrogens (primary N) is 1. The van der Waals surface area contributed by atoms with Crippen molar-refractivity contribution >= 4 is 28.7 Å². The van der Waals surface area contributed by atoms with E-state index in [0.29, 0.717) is 22.1 Å². The minimum absolute atomic E-state index is 0.189. The molecule has 5 heteroatoms. The summed E-state index contributed by atoms with van der Waals surface area (Å²) < 4.78 is 0. The fourth-order valence-corrected chi connectivity index (χ4v) is 1.46. The van der Waals surface area contributed by atoms with Gasteiger partial charge in [0.25, 0.3) is 0 Å². The number of anilines is 1. The molecule has 0 atom stereocenters. The van der Waals surface area contributed by atoms with E-state index in [9.17, 15) is 0 Å². The molecule has 4 nitrogen and oxygen atoms in total. The molecule has 3 N–H and O–H groups in total. The predicted molar refractivity (Wildman–Crippen MR) is 68.1 cm³/mol. The molecule has 0 aliphatic carbocycles. The van der Waals surface area contributed by atoms with Gasteiger partial charge in [-0.3, -0.25) is 0 Å². The lowest BCUT2D eigenvalue weighted by molar-refractivity contribution is 0.475. The van der Waals surface area contributed by atoms with Crippen LogP contribution in [0.4, 0.5) is 17.1 Å². The Morgan fingerprint density at radius 2 is 1.71 bits per heavy atom. The van der Waals surface area contributed by atoms with E-state index in [-0.39, 0.29) is 5.75 Å². The van der Waals surface area contributed by atoms with E-state index in [1.54, 1.807) is 42.5 Å². The Morgan fingerprint density at radius 1 is 1.00 bits per heavy atom. The topological polar surface area (TPSA) is 71.0 Å². The zero-order valence-corrected chi connectivity index (χ0v) is 9.59. The second kappa shape index (κ2) is 4.84. The number of nitrogen functional groups attached to an aromatic ring is 1. The summed E-state index contributed by atoms with van der Waals surface area (Å²) in [6.07, 6.45) is 0. The zero-order chi connectivity index (χ0) is 12.3. The van der Waals surface area contributed by atoms with Gasteiger partial charge >= 0.3 is 0 Å². The Balaban J connectivity index is 2.23. The maximum absolute atomic E-state index is 9.11. The highest BCUT2D eigenvalue weighted by Gasteiger charge is 1.98. The molecule has 0 aromatic heterocycles. The second-order valence-electron chi connectivity index (χ2n) is 3.43. The molecule has 0 saturated heterocycles. The SMILES string of the molecule is Nc1ccc(N=Nc2ccc(O)cc2)c(Cl)c1. The fraction of sp³-hybridized carbons (Fsp3) is 0. The Kier molecular flexibility index (Phi) is 3.25. The quantitative estimate of drug-likeness (QED) is 0.621. The summed E-state index contributed by atoms with van der Waals surface area (Å²) in [4.78, 5) is 0. The van der Waals surface area contributed by atoms with Crippen molar-refractivity contribution in [2.45, 2.75) is 0 Å². The van der Waals surface area contributed by atoms with Crippen LogP contribution in [0.1, 0.15) is 0 Å². The first kappa shape index (κ1) is 11.4. The van der Waals surface area contributed by atoms with Gasteiger partial charge in [0, 0.05) is 5.69 Å². The predicted octanol–water partition coefficient (Wildman–Crippen LogP) is 4.04. The Morgan fingerprint density at radius 3 is 2.35 bits per heavy atom. The number of benzene rings is 2. The van der Waals surface area contributed by atoms with Crippen molar-refractivity contribution in [1.29, 1.82) is 0 Å². The summed E-state index contributed by atoms with van der Waals surface area (Å²) >= 11 is 5.95. The number of azo groups is 1. The van der Waals surface area contributed by atoms with Gasteiger partial charge in [-0.2, -0.15) is 5.11 Å². The van der Waals surface area contributed by atoms with Crippen LogP contribution in [0, 0.1) is 0 Å². The number of phenols is 1. The van der Waals surface area contributed by atoms with Gasteiger partial charge in [0.05, 0.1) is 10.7 Å². The smallest absolute Gasteiger partial charge is 0.115 e. The van der Waals surface area contributed by atoms with Crippen LogP contribution in [-0.2, 0) is 0 Å². The maximum atomic E-state index is 9.11. The summed E-state index contributed by atoms with van der Waals surface area (Å²) in [6, 6.07) is 11.4.